The van der Waals surface area contributed by atoms with E-state index in [1.54, 1.807) is 0 Å². The van der Waals surface area contributed by atoms with Crippen LogP contribution in [0, 0.1) is 23.7 Å². The lowest BCUT2D eigenvalue weighted by molar-refractivity contribution is -0.161. The number of hydrogen-bond donors (Lipinski definition) is 3. The highest BCUT2D eigenvalue weighted by Crippen LogP contribution is 2.45. The maximum atomic E-state index is 13.1. The predicted octanol–water partition coefficient (Wildman–Crippen LogP) is 24.0. The number of aliphatic hydroxyl groups is 1. The number of carbonyl (C=O) groups excluding carboxylic acids is 4. The zero-order valence-electron chi connectivity index (χ0n) is 65.8. The number of phosphoric ester groups is 2. The van der Waals surface area contributed by atoms with Crippen LogP contribution < -0.4 is 0 Å². The molecule has 0 aromatic carbocycles. The molecule has 0 amide bonds. The predicted molar refractivity (Wildman–Crippen MR) is 409 cm³/mol. The van der Waals surface area contributed by atoms with E-state index in [1.807, 2.05) is 0 Å². The van der Waals surface area contributed by atoms with Crippen LogP contribution in [0.4, 0.5) is 0 Å². The van der Waals surface area contributed by atoms with E-state index < -0.39 is 97.5 Å². The van der Waals surface area contributed by atoms with Gasteiger partial charge in [0.1, 0.15) is 19.3 Å². The van der Waals surface area contributed by atoms with Gasteiger partial charge in [-0.15, -0.1) is 0 Å². The summed E-state index contributed by atoms with van der Waals surface area (Å²) in [6, 6.07) is 0. The van der Waals surface area contributed by atoms with Gasteiger partial charge < -0.3 is 33.8 Å². The van der Waals surface area contributed by atoms with E-state index in [4.69, 9.17) is 37.0 Å². The van der Waals surface area contributed by atoms with Crippen molar-refractivity contribution in [3.8, 4) is 0 Å². The molecule has 100 heavy (non-hydrogen) atoms. The molecule has 3 N–H and O–H groups in total. The molecule has 0 rings (SSSR count). The third-order valence-electron chi connectivity index (χ3n) is 18.8. The van der Waals surface area contributed by atoms with Crippen LogP contribution in [0.2, 0.25) is 0 Å². The fraction of sp³-hybridized carbons (Fsp3) is 0.951. The second-order valence-corrected chi connectivity index (χ2v) is 34.0. The van der Waals surface area contributed by atoms with Crippen molar-refractivity contribution in [2.45, 2.75) is 433 Å². The van der Waals surface area contributed by atoms with Crippen LogP contribution in [0.25, 0.3) is 0 Å². The number of rotatable bonds is 78. The van der Waals surface area contributed by atoms with Gasteiger partial charge in [0.15, 0.2) is 12.2 Å². The van der Waals surface area contributed by atoms with Crippen LogP contribution in [0.3, 0.4) is 0 Å². The molecular weight excluding hydrogens is 1310 g/mol. The Morgan fingerprint density at radius 1 is 0.250 bits per heavy atom. The lowest BCUT2D eigenvalue weighted by Gasteiger charge is -2.21. The number of ether oxygens (including phenoxy) is 4. The summed E-state index contributed by atoms with van der Waals surface area (Å²) in [5, 5.41) is 10.6. The average molecular weight is 1470 g/mol. The van der Waals surface area contributed by atoms with Crippen molar-refractivity contribution in [2.75, 3.05) is 39.6 Å². The summed E-state index contributed by atoms with van der Waals surface area (Å²) in [7, 11) is -9.92. The van der Waals surface area contributed by atoms with Crippen LogP contribution in [0.5, 0.6) is 0 Å². The van der Waals surface area contributed by atoms with Crippen molar-refractivity contribution in [3.63, 3.8) is 0 Å². The minimum atomic E-state index is -4.96. The fourth-order valence-corrected chi connectivity index (χ4v) is 14.0. The van der Waals surface area contributed by atoms with E-state index in [1.165, 1.54) is 212 Å². The summed E-state index contributed by atoms with van der Waals surface area (Å²) in [5.41, 5.74) is 0. The summed E-state index contributed by atoms with van der Waals surface area (Å²) in [4.78, 5) is 72.9. The van der Waals surface area contributed by atoms with Gasteiger partial charge in [-0.1, -0.05) is 364 Å². The number of aliphatic hydroxyl groups excluding tert-OH is 1. The highest BCUT2D eigenvalue weighted by molar-refractivity contribution is 7.47. The Kier molecular flexibility index (Phi) is 68.7. The van der Waals surface area contributed by atoms with E-state index in [2.05, 4.69) is 55.4 Å². The molecule has 0 aliphatic carbocycles. The van der Waals surface area contributed by atoms with Crippen LogP contribution in [-0.4, -0.2) is 96.7 Å². The van der Waals surface area contributed by atoms with Gasteiger partial charge in [0.2, 0.25) is 0 Å². The fourth-order valence-electron chi connectivity index (χ4n) is 12.4. The van der Waals surface area contributed by atoms with E-state index in [0.29, 0.717) is 31.6 Å². The molecule has 17 nitrogen and oxygen atoms in total. The molecule has 0 aromatic heterocycles. The first-order valence-electron chi connectivity index (χ1n) is 41.7. The smallest absolute Gasteiger partial charge is 0.462 e. The number of phosphoric acid groups is 2. The average Bonchev–Trinajstić information content (AvgIpc) is 0.934. The Balaban J connectivity index is 5.19. The topological polar surface area (TPSA) is 237 Å². The Hall–Kier alpha value is -1.94. The quantitative estimate of drug-likeness (QED) is 0.0222. The van der Waals surface area contributed by atoms with Gasteiger partial charge >= 0.3 is 39.5 Å². The molecule has 0 fully saturated rings. The maximum absolute atomic E-state index is 13.1. The van der Waals surface area contributed by atoms with Crippen LogP contribution in [0.15, 0.2) is 0 Å². The normalized spacial score (nSPS) is 14.0. The van der Waals surface area contributed by atoms with Crippen molar-refractivity contribution in [1.82, 2.24) is 0 Å². The van der Waals surface area contributed by atoms with Gasteiger partial charge in [0, 0.05) is 25.7 Å². The molecule has 0 aliphatic rings. The van der Waals surface area contributed by atoms with Gasteiger partial charge in [-0.25, -0.2) is 9.13 Å². The second-order valence-electron chi connectivity index (χ2n) is 31.1. The first-order chi connectivity index (χ1) is 48.1. The molecule has 5 atom stereocenters. The number of carbonyl (C=O) groups is 4. The zero-order valence-corrected chi connectivity index (χ0v) is 67.6. The Morgan fingerprint density at radius 3 is 0.620 bits per heavy atom. The lowest BCUT2D eigenvalue weighted by Crippen LogP contribution is -2.30. The van der Waals surface area contributed by atoms with Gasteiger partial charge in [0.25, 0.3) is 0 Å². The Bertz CT molecular complexity index is 1950. The molecule has 0 spiro atoms. The number of esters is 4. The van der Waals surface area contributed by atoms with E-state index >= 15 is 0 Å². The summed E-state index contributed by atoms with van der Waals surface area (Å²) < 4.78 is 68.6. The SMILES string of the molecule is CC(C)CCCCCCCCCCCCCCCCCCCCC(=O)O[C@H](COC(=O)CCCCCCCCCCCCCCCCCCC(C)C)COP(=O)(O)OC[C@@H](O)COP(=O)(O)OC[C@@H](COC(=O)CCCCCCCCC(C)C)OC(=O)CCCCCCCCCCC(C)C. The largest absolute Gasteiger partial charge is 0.472 e. The molecule has 0 heterocycles. The van der Waals surface area contributed by atoms with Crippen molar-refractivity contribution >= 4 is 39.5 Å². The molecule has 0 saturated heterocycles. The molecule has 0 bridgehead atoms. The Morgan fingerprint density at radius 2 is 0.420 bits per heavy atom. The highest BCUT2D eigenvalue weighted by Gasteiger charge is 2.30. The van der Waals surface area contributed by atoms with Crippen LogP contribution in [0.1, 0.15) is 415 Å². The van der Waals surface area contributed by atoms with E-state index in [-0.39, 0.29) is 25.7 Å². The molecular formula is C81H158O17P2. The lowest BCUT2D eigenvalue weighted by atomic mass is 10.0. The van der Waals surface area contributed by atoms with Crippen LogP contribution in [-0.2, 0) is 65.4 Å². The molecule has 2 unspecified atom stereocenters. The minimum absolute atomic E-state index is 0.103. The van der Waals surface area contributed by atoms with Gasteiger partial charge in [-0.05, 0) is 49.4 Å². The highest BCUT2D eigenvalue weighted by atomic mass is 31.2. The minimum Gasteiger partial charge on any atom is -0.462 e. The molecule has 19 heteroatoms. The summed E-state index contributed by atoms with van der Waals surface area (Å²) in [6.07, 6.45) is 57.3. The molecule has 0 radical (unpaired) electrons. The second kappa shape index (κ2) is 70.1. The van der Waals surface area contributed by atoms with Crippen molar-refractivity contribution in [1.29, 1.82) is 0 Å². The van der Waals surface area contributed by atoms with Crippen molar-refractivity contribution in [2.24, 2.45) is 23.7 Å². The van der Waals surface area contributed by atoms with Crippen LogP contribution >= 0.6 is 15.6 Å². The van der Waals surface area contributed by atoms with Gasteiger partial charge in [0.05, 0.1) is 26.4 Å². The summed E-state index contributed by atoms with van der Waals surface area (Å²) >= 11 is 0. The van der Waals surface area contributed by atoms with Gasteiger partial charge in [-0.2, -0.15) is 0 Å². The third kappa shape index (κ3) is 74.3. The molecule has 0 saturated carbocycles. The third-order valence-corrected chi connectivity index (χ3v) is 20.7. The summed E-state index contributed by atoms with van der Waals surface area (Å²) in [6.45, 7) is 14.2. The standard InChI is InChI=1S/C81H158O17P2/c1-71(2)57-49-41-33-27-23-19-15-11-9-10-12-18-22-26-30-37-47-55-63-80(85)97-76(67-91-78(83)61-53-45-36-29-25-21-17-14-13-16-20-24-28-34-42-50-58-72(3)4)69-95-99(87,88)93-65-75(82)66-94-100(89,90)96-70-77(68-92-79(84)62-54-46-40-39-44-52-60-74(7)8)98-81(86)64-56-48-38-32-31-35-43-51-59-73(5)6/h71-77,82H,9-70H2,1-8H3,(H,87,88)(H,89,90)/t75-,76-,77-/m1/s1. The first kappa shape index (κ1) is 98.1. The zero-order chi connectivity index (χ0) is 73.8. The van der Waals surface area contributed by atoms with Crippen molar-refractivity contribution in [3.05, 3.63) is 0 Å². The number of hydrogen-bond acceptors (Lipinski definition) is 15. The van der Waals surface area contributed by atoms with Crippen molar-refractivity contribution < 1.29 is 80.2 Å². The van der Waals surface area contributed by atoms with E-state index in [9.17, 15) is 43.2 Å². The molecule has 0 aliphatic heterocycles. The van der Waals surface area contributed by atoms with Gasteiger partial charge in [-0.3, -0.25) is 37.3 Å². The number of unbranched alkanes of at least 4 members (excludes halogenated alkanes) is 44. The summed E-state index contributed by atoms with van der Waals surface area (Å²) in [5.74, 6) is 0.912. The first-order valence-corrected chi connectivity index (χ1v) is 44.7. The Labute approximate surface area is 613 Å². The molecule has 594 valence electrons. The monoisotopic (exact) mass is 1470 g/mol. The maximum Gasteiger partial charge on any atom is 0.472 e. The molecule has 0 aromatic rings. The van der Waals surface area contributed by atoms with E-state index in [0.717, 1.165) is 114 Å².